The first kappa shape index (κ1) is 28.8. The fourth-order valence-corrected chi connectivity index (χ4v) is 7.51. The summed E-state index contributed by atoms with van der Waals surface area (Å²) in [6.45, 7) is 0. The Morgan fingerprint density at radius 3 is 1.66 bits per heavy atom. The van der Waals surface area contributed by atoms with Gasteiger partial charge in [-0.1, -0.05) is 97.1 Å². The van der Waals surface area contributed by atoms with Gasteiger partial charge < -0.3 is 9.13 Å². The zero-order chi connectivity index (χ0) is 33.8. The molecule has 5 nitrogen and oxygen atoms in total. The summed E-state index contributed by atoms with van der Waals surface area (Å²) in [5.74, 6) is 0. The topological polar surface area (TPSA) is 81.2 Å². The minimum absolute atomic E-state index is 0.332. The van der Waals surface area contributed by atoms with Crippen LogP contribution in [0.5, 0.6) is 0 Å². The van der Waals surface area contributed by atoms with Crippen LogP contribution in [0.4, 0.5) is 0 Å². The van der Waals surface area contributed by atoms with E-state index in [0.717, 1.165) is 71.6 Å². The molecule has 0 radical (unpaired) electrons. The van der Waals surface area contributed by atoms with Gasteiger partial charge in [0.1, 0.15) is 12.1 Å². The number of nitriles is 3. The molecular weight excluding hydrogens is 611 g/mol. The first-order chi connectivity index (χ1) is 24.7. The largest absolute Gasteiger partial charge is 0.309 e. The van der Waals surface area contributed by atoms with Crippen LogP contribution in [0, 0.1) is 34.0 Å². The highest BCUT2D eigenvalue weighted by Gasteiger charge is 2.23. The molecule has 2 aromatic heterocycles. The predicted octanol–water partition coefficient (Wildman–Crippen LogP) is 10.8. The summed E-state index contributed by atoms with van der Waals surface area (Å²) in [7, 11) is 0. The molecule has 9 rings (SSSR count). The summed E-state index contributed by atoms with van der Waals surface area (Å²) >= 11 is 0. The van der Waals surface area contributed by atoms with Crippen LogP contribution in [0.25, 0.3) is 77.2 Å². The lowest BCUT2D eigenvalue weighted by Crippen LogP contribution is -2.03. The monoisotopic (exact) mass is 635 g/mol. The number of benzene rings is 7. The van der Waals surface area contributed by atoms with Crippen LogP contribution in [0.2, 0.25) is 0 Å². The van der Waals surface area contributed by atoms with Crippen molar-refractivity contribution in [3.8, 4) is 51.8 Å². The highest BCUT2D eigenvalue weighted by molar-refractivity contribution is 6.11. The number of nitrogens with zero attached hydrogens (tertiary/aromatic N) is 5. The van der Waals surface area contributed by atoms with Gasteiger partial charge in [0.25, 0.3) is 0 Å². The Kier molecular flexibility index (Phi) is 6.56. The molecule has 2 heterocycles. The van der Waals surface area contributed by atoms with Gasteiger partial charge in [-0.25, -0.2) is 0 Å². The Labute approximate surface area is 287 Å². The molecule has 0 fully saturated rings. The maximum absolute atomic E-state index is 10.6. The third-order valence-corrected chi connectivity index (χ3v) is 9.65. The van der Waals surface area contributed by atoms with E-state index in [1.54, 1.807) is 6.07 Å². The SMILES string of the molecule is N#Cc1ccc2c(c1)c1ccccc1n2-c1cccc(-c2ccccc2-c2ccc(C#N)c(C#N)c2-n2c3ccccc3c3ccccc32)c1. The predicted molar refractivity (Wildman–Crippen MR) is 200 cm³/mol. The number of rotatable bonds is 4. The van der Waals surface area contributed by atoms with Gasteiger partial charge >= 0.3 is 0 Å². The van der Waals surface area contributed by atoms with Gasteiger partial charge in [-0.3, -0.25) is 0 Å². The van der Waals surface area contributed by atoms with Crippen molar-refractivity contribution in [1.82, 2.24) is 9.13 Å². The molecule has 0 saturated carbocycles. The van der Waals surface area contributed by atoms with Crippen LogP contribution in [-0.2, 0) is 0 Å². The van der Waals surface area contributed by atoms with Crippen LogP contribution < -0.4 is 0 Å². The molecule has 50 heavy (non-hydrogen) atoms. The lowest BCUT2D eigenvalue weighted by atomic mass is 9.90. The van der Waals surface area contributed by atoms with Crippen molar-refractivity contribution in [3.63, 3.8) is 0 Å². The summed E-state index contributed by atoms with van der Waals surface area (Å²) in [6, 6.07) is 57.9. The Balaban J connectivity index is 1.31. The van der Waals surface area contributed by atoms with E-state index in [1.165, 1.54) is 0 Å². The molecule has 0 unspecified atom stereocenters. The first-order valence-corrected chi connectivity index (χ1v) is 16.3. The maximum atomic E-state index is 10.6. The van der Waals surface area contributed by atoms with Crippen molar-refractivity contribution in [2.45, 2.75) is 0 Å². The van der Waals surface area contributed by atoms with Crippen LogP contribution in [-0.4, -0.2) is 9.13 Å². The van der Waals surface area contributed by atoms with Crippen molar-refractivity contribution in [3.05, 3.63) is 168 Å². The van der Waals surface area contributed by atoms with E-state index in [0.29, 0.717) is 22.4 Å². The van der Waals surface area contributed by atoms with E-state index in [4.69, 9.17) is 0 Å². The second-order valence-corrected chi connectivity index (χ2v) is 12.3. The Hall–Kier alpha value is -7.39. The van der Waals surface area contributed by atoms with Gasteiger partial charge in [-0.05, 0) is 71.3 Å². The van der Waals surface area contributed by atoms with Gasteiger partial charge in [-0.15, -0.1) is 0 Å². The van der Waals surface area contributed by atoms with Crippen LogP contribution >= 0.6 is 0 Å². The maximum Gasteiger partial charge on any atom is 0.103 e. The van der Waals surface area contributed by atoms with Gasteiger partial charge in [0.2, 0.25) is 0 Å². The zero-order valence-electron chi connectivity index (χ0n) is 26.7. The van der Waals surface area contributed by atoms with Crippen molar-refractivity contribution < 1.29 is 0 Å². The molecule has 0 saturated heterocycles. The average Bonchev–Trinajstić information content (AvgIpc) is 3.69. The van der Waals surface area contributed by atoms with E-state index in [-0.39, 0.29) is 0 Å². The molecule has 0 aliphatic heterocycles. The van der Waals surface area contributed by atoms with E-state index in [2.05, 4.69) is 100 Å². The highest BCUT2D eigenvalue weighted by Crippen LogP contribution is 2.42. The summed E-state index contributed by atoms with van der Waals surface area (Å²) < 4.78 is 4.39. The molecule has 0 N–H and O–H groups in total. The third kappa shape index (κ3) is 4.24. The smallest absolute Gasteiger partial charge is 0.103 e. The second-order valence-electron chi connectivity index (χ2n) is 12.3. The van der Waals surface area contributed by atoms with E-state index < -0.39 is 0 Å². The van der Waals surface area contributed by atoms with E-state index in [9.17, 15) is 15.8 Å². The number of para-hydroxylation sites is 3. The summed E-state index contributed by atoms with van der Waals surface area (Å²) in [4.78, 5) is 0. The average molecular weight is 636 g/mol. The lowest BCUT2D eigenvalue weighted by Gasteiger charge is -2.19. The summed E-state index contributed by atoms with van der Waals surface area (Å²) in [5.41, 5.74) is 10.8. The minimum atomic E-state index is 0.332. The zero-order valence-corrected chi connectivity index (χ0v) is 26.7. The number of hydrogen-bond acceptors (Lipinski definition) is 3. The normalized spacial score (nSPS) is 11.1. The first-order valence-electron chi connectivity index (χ1n) is 16.3. The molecule has 0 atom stereocenters. The molecule has 0 aliphatic rings. The standard InChI is InChI=1S/C45H25N5/c46-26-29-20-23-44-39(24-29)37-16-5-6-17-41(37)49(44)32-11-9-10-30(25-32)33-12-1-2-13-34(33)38-22-21-31(27-47)40(28-48)45(38)50-42-18-7-3-14-35(42)36-15-4-8-19-43(36)50/h1-25H. The Bertz CT molecular complexity index is 2920. The van der Waals surface area contributed by atoms with Crippen molar-refractivity contribution in [1.29, 1.82) is 15.8 Å². The van der Waals surface area contributed by atoms with Gasteiger partial charge in [0, 0.05) is 32.8 Å². The van der Waals surface area contributed by atoms with Crippen LogP contribution in [0.3, 0.4) is 0 Å². The fraction of sp³-hybridized carbons (Fsp3) is 0. The number of fused-ring (bicyclic) bond motifs is 6. The summed E-state index contributed by atoms with van der Waals surface area (Å²) in [6.07, 6.45) is 0. The highest BCUT2D eigenvalue weighted by atomic mass is 15.0. The van der Waals surface area contributed by atoms with E-state index in [1.807, 2.05) is 72.8 Å². The molecule has 9 aromatic rings. The molecule has 5 heteroatoms. The fourth-order valence-electron chi connectivity index (χ4n) is 7.51. The van der Waals surface area contributed by atoms with Crippen LogP contribution in [0.1, 0.15) is 16.7 Å². The third-order valence-electron chi connectivity index (χ3n) is 9.65. The van der Waals surface area contributed by atoms with Gasteiger partial charge in [-0.2, -0.15) is 15.8 Å². The van der Waals surface area contributed by atoms with E-state index >= 15 is 0 Å². The van der Waals surface area contributed by atoms with Gasteiger partial charge in [0.15, 0.2) is 0 Å². The Morgan fingerprint density at radius 2 is 1.00 bits per heavy atom. The molecule has 7 aromatic carbocycles. The molecule has 230 valence electrons. The van der Waals surface area contributed by atoms with Crippen molar-refractivity contribution >= 4 is 43.6 Å². The molecule has 0 aliphatic carbocycles. The molecule has 0 spiro atoms. The lowest BCUT2D eigenvalue weighted by molar-refractivity contribution is 1.16. The van der Waals surface area contributed by atoms with Gasteiger partial charge in [0.05, 0.1) is 50.5 Å². The minimum Gasteiger partial charge on any atom is -0.309 e. The quantitative estimate of drug-likeness (QED) is 0.193. The number of hydrogen-bond donors (Lipinski definition) is 0. The molecule has 0 amide bonds. The van der Waals surface area contributed by atoms with Crippen LogP contribution in [0.15, 0.2) is 152 Å². The van der Waals surface area contributed by atoms with Crippen molar-refractivity contribution in [2.24, 2.45) is 0 Å². The Morgan fingerprint density at radius 1 is 0.400 bits per heavy atom. The van der Waals surface area contributed by atoms with Crippen molar-refractivity contribution in [2.75, 3.05) is 0 Å². The molecule has 0 bridgehead atoms. The number of aromatic nitrogens is 2. The molecular formula is C45H25N5. The summed E-state index contributed by atoms with van der Waals surface area (Å²) in [5, 5.41) is 34.7. The second kappa shape index (κ2) is 11.4.